The number of hydrogen-bond acceptors (Lipinski definition) is 6. The van der Waals surface area contributed by atoms with E-state index < -0.39 is 15.9 Å². The Morgan fingerprint density at radius 3 is 2.50 bits per heavy atom. The minimum atomic E-state index is -3.47. The Hall–Kier alpha value is -3.07. The number of sulfone groups is 1. The Morgan fingerprint density at radius 1 is 1.08 bits per heavy atom. The van der Waals surface area contributed by atoms with Crippen LogP contribution >= 0.6 is 11.6 Å². The molecule has 0 spiro atoms. The van der Waals surface area contributed by atoms with Gasteiger partial charge in [-0.1, -0.05) is 23.7 Å². The van der Waals surface area contributed by atoms with Gasteiger partial charge in [0.2, 0.25) is 0 Å². The van der Waals surface area contributed by atoms with Gasteiger partial charge in [0.05, 0.1) is 11.6 Å². The Labute approximate surface area is 227 Å². The normalized spacial score (nSPS) is 18.1. The lowest BCUT2D eigenvalue weighted by atomic mass is 9.86. The van der Waals surface area contributed by atoms with Crippen molar-refractivity contribution in [2.24, 2.45) is 5.92 Å². The summed E-state index contributed by atoms with van der Waals surface area (Å²) < 4.78 is 49.6. The van der Waals surface area contributed by atoms with Crippen LogP contribution in [-0.4, -0.2) is 57.6 Å². The number of benzene rings is 3. The molecule has 0 saturated carbocycles. The molecule has 3 aromatic carbocycles. The number of allylic oxidation sites excluding steroid dienone is 1. The Kier molecular flexibility index (Phi) is 7.40. The smallest absolute Gasteiger partial charge is 0.175 e. The highest BCUT2D eigenvalue weighted by Gasteiger charge is 2.31. The maximum Gasteiger partial charge on any atom is 0.175 e. The van der Waals surface area contributed by atoms with E-state index in [2.05, 4.69) is 4.90 Å². The highest BCUT2D eigenvalue weighted by Crippen LogP contribution is 2.49. The van der Waals surface area contributed by atoms with Crippen LogP contribution in [0.15, 0.2) is 65.6 Å². The Balaban J connectivity index is 1.46. The average Bonchev–Trinajstić information content (AvgIpc) is 2.86. The minimum Gasteiger partial charge on any atom is -0.508 e. The molecule has 0 bridgehead atoms. The number of fused-ring (bicyclic) bond motifs is 1. The number of ether oxygens (including phenoxy) is 2. The van der Waals surface area contributed by atoms with Crippen LogP contribution in [0.25, 0.3) is 11.1 Å². The molecule has 0 aliphatic carbocycles. The molecule has 1 saturated heterocycles. The van der Waals surface area contributed by atoms with Crippen molar-refractivity contribution >= 4 is 32.6 Å². The van der Waals surface area contributed by atoms with Gasteiger partial charge in [-0.2, -0.15) is 0 Å². The fraction of sp³-hybridized carbons (Fsp3) is 0.310. The molecule has 0 unspecified atom stereocenters. The molecule has 1 N–H and O–H groups in total. The third-order valence-electron chi connectivity index (χ3n) is 7.04. The van der Waals surface area contributed by atoms with E-state index in [1.807, 2.05) is 31.2 Å². The molecule has 5 rings (SSSR count). The molecule has 1 fully saturated rings. The summed E-state index contributed by atoms with van der Waals surface area (Å²) >= 11 is 6.62. The van der Waals surface area contributed by atoms with Crippen LogP contribution in [0.1, 0.15) is 29.7 Å². The summed E-state index contributed by atoms with van der Waals surface area (Å²) in [5.41, 5.74) is 3.62. The first-order valence-corrected chi connectivity index (χ1v) is 14.6. The second kappa shape index (κ2) is 10.6. The Bertz CT molecular complexity index is 1480. The first kappa shape index (κ1) is 26.5. The molecule has 0 radical (unpaired) electrons. The van der Waals surface area contributed by atoms with E-state index in [4.69, 9.17) is 21.1 Å². The maximum absolute atomic E-state index is 12.6. The van der Waals surface area contributed by atoms with Crippen molar-refractivity contribution < 1.29 is 27.4 Å². The largest absolute Gasteiger partial charge is 0.508 e. The van der Waals surface area contributed by atoms with Gasteiger partial charge in [0.25, 0.3) is 0 Å². The maximum atomic E-state index is 12.6. The molecule has 2 heterocycles. The number of likely N-dealkylation sites (tertiary alicyclic amines) is 1. The molecule has 2 aliphatic rings. The molecule has 2 aliphatic heterocycles. The molecule has 1 atom stereocenters. The van der Waals surface area contributed by atoms with Gasteiger partial charge in [0.15, 0.2) is 9.84 Å². The van der Waals surface area contributed by atoms with Crippen LogP contribution in [0.3, 0.4) is 0 Å². The van der Waals surface area contributed by atoms with Gasteiger partial charge in [0.1, 0.15) is 30.0 Å². The number of rotatable bonds is 8. The average molecular weight is 558 g/mol. The van der Waals surface area contributed by atoms with Crippen molar-refractivity contribution in [2.75, 3.05) is 39.2 Å². The summed E-state index contributed by atoms with van der Waals surface area (Å²) in [6.45, 7) is 4.44. The van der Waals surface area contributed by atoms with Crippen molar-refractivity contribution in [2.45, 2.75) is 17.9 Å². The minimum absolute atomic E-state index is 0.0976. The van der Waals surface area contributed by atoms with Crippen molar-refractivity contribution in [3.05, 3.63) is 82.4 Å². The van der Waals surface area contributed by atoms with Crippen molar-refractivity contribution in [1.29, 1.82) is 0 Å². The van der Waals surface area contributed by atoms with Crippen molar-refractivity contribution in [3.8, 4) is 17.2 Å². The number of aromatic hydroxyl groups is 1. The number of nitrogens with zero attached hydrogens (tertiary/aromatic N) is 1. The van der Waals surface area contributed by atoms with Crippen molar-refractivity contribution in [3.63, 3.8) is 0 Å². The molecule has 9 heteroatoms. The zero-order valence-corrected chi connectivity index (χ0v) is 22.7. The van der Waals surface area contributed by atoms with E-state index >= 15 is 0 Å². The van der Waals surface area contributed by atoms with Gasteiger partial charge < -0.3 is 14.6 Å². The van der Waals surface area contributed by atoms with Crippen LogP contribution in [0, 0.1) is 5.92 Å². The van der Waals surface area contributed by atoms with E-state index in [0.29, 0.717) is 39.8 Å². The quantitative estimate of drug-likeness (QED) is 0.378. The summed E-state index contributed by atoms with van der Waals surface area (Å²) in [7, 11) is -3.47. The monoisotopic (exact) mass is 557 g/mol. The van der Waals surface area contributed by atoms with Crippen LogP contribution in [-0.2, 0) is 9.84 Å². The summed E-state index contributed by atoms with van der Waals surface area (Å²) in [5, 5.41) is 10.5. The number of halogens is 2. The third-order valence-corrected chi connectivity index (χ3v) is 8.48. The van der Waals surface area contributed by atoms with Gasteiger partial charge in [-0.05, 0) is 66.6 Å². The molecule has 0 aromatic heterocycles. The van der Waals surface area contributed by atoms with E-state index in [1.54, 1.807) is 30.3 Å². The van der Waals surface area contributed by atoms with E-state index in [9.17, 15) is 17.9 Å². The molecular formula is C29H29ClFNO5S. The fourth-order valence-electron chi connectivity index (χ4n) is 4.95. The predicted molar refractivity (Wildman–Crippen MR) is 146 cm³/mol. The van der Waals surface area contributed by atoms with E-state index in [0.717, 1.165) is 37.0 Å². The van der Waals surface area contributed by atoms with Crippen LogP contribution in [0.5, 0.6) is 17.2 Å². The SMILES string of the molecule is CC1=C(c2cc(S(C)(=O)=O)ccc2Cl)[C@H](c2ccc(OCCN3CC(CF)C3)cc2)Oc2ccc(O)cc21. The topological polar surface area (TPSA) is 76.1 Å². The first-order chi connectivity index (χ1) is 18.1. The van der Waals surface area contributed by atoms with Crippen LogP contribution in [0.2, 0.25) is 5.02 Å². The second-order valence-electron chi connectivity index (χ2n) is 9.83. The molecule has 200 valence electrons. The molecule has 6 nitrogen and oxygen atoms in total. The lowest BCUT2D eigenvalue weighted by Gasteiger charge is -2.37. The predicted octanol–water partition coefficient (Wildman–Crippen LogP) is 5.79. The van der Waals surface area contributed by atoms with Gasteiger partial charge in [0, 0.05) is 53.5 Å². The van der Waals surface area contributed by atoms with Gasteiger partial charge in [-0.25, -0.2) is 8.42 Å². The molecule has 38 heavy (non-hydrogen) atoms. The number of phenols is 1. The summed E-state index contributed by atoms with van der Waals surface area (Å²) in [6.07, 6.45) is 0.580. The molecule has 0 amide bonds. The molecule has 3 aromatic rings. The molecular weight excluding hydrogens is 529 g/mol. The highest BCUT2D eigenvalue weighted by molar-refractivity contribution is 7.90. The summed E-state index contributed by atoms with van der Waals surface area (Å²) in [6, 6.07) is 17.1. The fourth-order valence-corrected chi connectivity index (χ4v) is 5.82. The van der Waals surface area contributed by atoms with Gasteiger partial charge >= 0.3 is 0 Å². The highest BCUT2D eigenvalue weighted by atomic mass is 35.5. The van der Waals surface area contributed by atoms with Crippen molar-refractivity contribution in [1.82, 2.24) is 4.90 Å². The standard InChI is InChI=1S/C29H29ClFNO5S/c1-18-24-13-21(33)5-10-27(24)37-29(28(18)25-14-23(38(2,34)35)8-9-26(25)30)20-3-6-22(7-4-20)36-12-11-32-16-19(15-31)17-32/h3-10,13-14,19,29,33H,11-12,15-17H2,1-2H3/t29-/m0/s1. The van der Waals surface area contributed by atoms with Gasteiger partial charge in [-0.3, -0.25) is 9.29 Å². The number of hydrogen-bond donors (Lipinski definition) is 1. The lowest BCUT2D eigenvalue weighted by molar-refractivity contribution is 0.0668. The van der Waals surface area contributed by atoms with Crippen LogP contribution < -0.4 is 9.47 Å². The lowest BCUT2D eigenvalue weighted by Crippen LogP contribution is -2.49. The summed E-state index contributed by atoms with van der Waals surface area (Å²) in [4.78, 5) is 2.32. The van der Waals surface area contributed by atoms with E-state index in [1.165, 1.54) is 6.07 Å². The first-order valence-electron chi connectivity index (χ1n) is 12.4. The summed E-state index contributed by atoms with van der Waals surface area (Å²) in [5.74, 6) is 1.55. The zero-order valence-electron chi connectivity index (χ0n) is 21.2. The third kappa shape index (κ3) is 5.39. The van der Waals surface area contributed by atoms with Gasteiger partial charge in [-0.15, -0.1) is 0 Å². The number of alkyl halides is 1. The van der Waals surface area contributed by atoms with E-state index in [-0.39, 0.29) is 23.2 Å². The number of phenolic OH excluding ortho intramolecular Hbond substituents is 1. The second-order valence-corrected chi connectivity index (χ2v) is 12.3. The Morgan fingerprint density at radius 2 is 1.82 bits per heavy atom. The zero-order chi connectivity index (χ0) is 27.0. The van der Waals surface area contributed by atoms with Crippen LogP contribution in [0.4, 0.5) is 4.39 Å².